The third kappa shape index (κ3) is 6.67. The number of ketones is 1. The Kier molecular flexibility index (Phi) is 8.02. The van der Waals surface area contributed by atoms with Crippen LogP contribution in [0.15, 0.2) is 57.5 Å². The number of hydrogen-bond donors (Lipinski definition) is 3. The first-order valence-corrected chi connectivity index (χ1v) is 10.7. The Hall–Kier alpha value is -2.65. The Morgan fingerprint density at radius 3 is 2.29 bits per heavy atom. The van der Waals surface area contributed by atoms with E-state index >= 15 is 0 Å². The van der Waals surface area contributed by atoms with Gasteiger partial charge in [-0.25, -0.2) is 9.59 Å². The van der Waals surface area contributed by atoms with Gasteiger partial charge in [0, 0.05) is 32.8 Å². The summed E-state index contributed by atoms with van der Waals surface area (Å²) in [5.74, 6) is -1.39. The largest absolute Gasteiger partial charge is 0.506 e. The number of rotatable bonds is 7. The highest BCUT2D eigenvalue weighted by Crippen LogP contribution is 2.45. The van der Waals surface area contributed by atoms with Crippen molar-refractivity contribution in [3.8, 4) is 5.75 Å². The molecule has 0 aliphatic heterocycles. The van der Waals surface area contributed by atoms with Gasteiger partial charge < -0.3 is 14.9 Å². The average Bonchev–Trinajstić information content (AvgIpc) is 2.68. The van der Waals surface area contributed by atoms with E-state index < -0.39 is 23.6 Å². The van der Waals surface area contributed by atoms with E-state index in [1.165, 1.54) is 13.0 Å². The number of halogens is 2. The van der Waals surface area contributed by atoms with E-state index in [4.69, 9.17) is 9.84 Å². The third-order valence-electron chi connectivity index (χ3n) is 4.43. The molecule has 0 fully saturated rings. The Morgan fingerprint density at radius 1 is 1.13 bits per heavy atom. The molecule has 0 aliphatic carbocycles. The van der Waals surface area contributed by atoms with Gasteiger partial charge in [-0.1, -0.05) is 35.9 Å². The van der Waals surface area contributed by atoms with Gasteiger partial charge in [0.05, 0.1) is 4.47 Å². The normalized spacial score (nSPS) is 12.4. The number of aliphatic carboxylic acids is 1. The number of amides is 1. The van der Waals surface area contributed by atoms with Gasteiger partial charge in [-0.15, -0.1) is 0 Å². The zero-order valence-corrected chi connectivity index (χ0v) is 20.2. The van der Waals surface area contributed by atoms with Crippen LogP contribution in [-0.4, -0.2) is 28.1 Å². The SMILES string of the molecule is CC(=O)c1ccc(NC(=O)O[C@@H](c2cc(Br)cc(Br)c2O)C(C)(C)/C=C/C(=O)O)cc1. The number of Topliss-reactive ketones (excluding diaryl/α,β-unsaturated/α-hetero) is 1. The number of anilines is 1. The number of benzene rings is 2. The molecule has 0 unspecified atom stereocenters. The second-order valence-corrected chi connectivity index (χ2v) is 9.13. The van der Waals surface area contributed by atoms with E-state index in [0.717, 1.165) is 6.08 Å². The molecule has 0 saturated carbocycles. The lowest BCUT2D eigenvalue weighted by molar-refractivity contribution is -0.131. The number of aromatic hydroxyl groups is 1. The molecule has 1 amide bonds. The van der Waals surface area contributed by atoms with Gasteiger partial charge in [0.15, 0.2) is 5.78 Å². The summed E-state index contributed by atoms with van der Waals surface area (Å²) >= 11 is 6.60. The molecular formula is C22H21Br2NO6. The van der Waals surface area contributed by atoms with Crippen molar-refractivity contribution < 1.29 is 29.3 Å². The van der Waals surface area contributed by atoms with Gasteiger partial charge in [-0.3, -0.25) is 10.1 Å². The fraction of sp³-hybridized carbons (Fsp3) is 0.227. The van der Waals surface area contributed by atoms with Crippen LogP contribution in [0.4, 0.5) is 10.5 Å². The van der Waals surface area contributed by atoms with Crippen molar-refractivity contribution in [3.05, 3.63) is 68.6 Å². The monoisotopic (exact) mass is 553 g/mol. The minimum Gasteiger partial charge on any atom is -0.506 e. The van der Waals surface area contributed by atoms with Gasteiger partial charge in [0.25, 0.3) is 0 Å². The number of carboxylic acids is 1. The zero-order valence-electron chi connectivity index (χ0n) is 17.0. The van der Waals surface area contributed by atoms with Crippen molar-refractivity contribution in [2.45, 2.75) is 26.9 Å². The summed E-state index contributed by atoms with van der Waals surface area (Å²) in [4.78, 5) is 35.1. The Balaban J connectivity index is 2.37. The van der Waals surface area contributed by atoms with Crippen molar-refractivity contribution in [2.75, 3.05) is 5.32 Å². The molecule has 0 bridgehead atoms. The summed E-state index contributed by atoms with van der Waals surface area (Å²) in [5, 5.41) is 22.2. The molecular weight excluding hydrogens is 534 g/mol. The van der Waals surface area contributed by atoms with Gasteiger partial charge >= 0.3 is 12.1 Å². The molecule has 9 heteroatoms. The van der Waals surface area contributed by atoms with Crippen molar-refractivity contribution in [1.82, 2.24) is 0 Å². The van der Waals surface area contributed by atoms with Crippen LogP contribution >= 0.6 is 31.9 Å². The molecule has 0 spiro atoms. The molecule has 2 rings (SSSR count). The van der Waals surface area contributed by atoms with E-state index in [9.17, 15) is 19.5 Å². The minimum absolute atomic E-state index is 0.100. The molecule has 0 heterocycles. The molecule has 3 N–H and O–H groups in total. The number of carboxylic acid groups (broad SMARTS) is 1. The Morgan fingerprint density at radius 2 is 1.74 bits per heavy atom. The maximum atomic E-state index is 12.6. The maximum Gasteiger partial charge on any atom is 0.412 e. The number of carbonyl (C=O) groups excluding carboxylic acids is 2. The molecule has 164 valence electrons. The van der Waals surface area contributed by atoms with E-state index in [0.29, 0.717) is 20.2 Å². The standard InChI is InChI=1S/C22H21Br2NO6/c1-12(26)13-4-6-15(7-5-13)25-21(30)31-20(22(2,3)9-8-18(27)28)16-10-14(23)11-17(24)19(16)29/h4-11,20,29H,1-3H3,(H,25,30)(H,27,28)/b9-8+/t20-/m0/s1. The van der Waals surface area contributed by atoms with E-state index in [-0.39, 0.29) is 17.1 Å². The quantitative estimate of drug-likeness (QED) is 0.282. The summed E-state index contributed by atoms with van der Waals surface area (Å²) in [5.41, 5.74) is 0.197. The van der Waals surface area contributed by atoms with E-state index in [1.807, 2.05) is 0 Å². The Bertz CT molecular complexity index is 1030. The molecule has 7 nitrogen and oxygen atoms in total. The molecule has 0 aromatic heterocycles. The van der Waals surface area contributed by atoms with Crippen LogP contribution in [0.25, 0.3) is 0 Å². The second kappa shape index (κ2) is 10.1. The topological polar surface area (TPSA) is 113 Å². The second-order valence-electron chi connectivity index (χ2n) is 7.36. The smallest absolute Gasteiger partial charge is 0.412 e. The fourth-order valence-corrected chi connectivity index (χ4v) is 4.08. The maximum absolute atomic E-state index is 12.6. The van der Waals surface area contributed by atoms with Gasteiger partial charge in [0.1, 0.15) is 11.9 Å². The van der Waals surface area contributed by atoms with Crippen LogP contribution in [0.3, 0.4) is 0 Å². The first kappa shape index (κ1) is 24.6. The lowest BCUT2D eigenvalue weighted by Crippen LogP contribution is -2.28. The first-order valence-electron chi connectivity index (χ1n) is 9.09. The highest BCUT2D eigenvalue weighted by Gasteiger charge is 2.35. The van der Waals surface area contributed by atoms with Crippen LogP contribution in [-0.2, 0) is 9.53 Å². The molecule has 1 atom stereocenters. The van der Waals surface area contributed by atoms with Crippen molar-refractivity contribution in [3.63, 3.8) is 0 Å². The van der Waals surface area contributed by atoms with Crippen LogP contribution in [0.5, 0.6) is 5.75 Å². The predicted octanol–water partition coefficient (Wildman–Crippen LogP) is 6.08. The Labute approximate surface area is 196 Å². The van der Waals surface area contributed by atoms with Crippen LogP contribution in [0, 0.1) is 5.41 Å². The molecule has 2 aromatic rings. The lowest BCUT2D eigenvalue weighted by Gasteiger charge is -2.32. The van der Waals surface area contributed by atoms with E-state index in [2.05, 4.69) is 37.2 Å². The van der Waals surface area contributed by atoms with Crippen LogP contribution < -0.4 is 5.32 Å². The highest BCUT2D eigenvalue weighted by atomic mass is 79.9. The minimum atomic E-state index is -1.15. The molecule has 2 aromatic carbocycles. The average molecular weight is 555 g/mol. The first-order chi connectivity index (χ1) is 14.4. The van der Waals surface area contributed by atoms with Crippen LogP contribution in [0.2, 0.25) is 0 Å². The zero-order chi connectivity index (χ0) is 23.3. The van der Waals surface area contributed by atoms with Gasteiger partial charge in [0.2, 0.25) is 0 Å². The third-order valence-corrected chi connectivity index (χ3v) is 5.50. The lowest BCUT2D eigenvalue weighted by atomic mass is 9.81. The molecule has 0 aliphatic rings. The van der Waals surface area contributed by atoms with Crippen molar-refractivity contribution >= 4 is 55.4 Å². The number of carbonyl (C=O) groups is 3. The molecule has 0 saturated heterocycles. The fourth-order valence-electron chi connectivity index (χ4n) is 2.82. The predicted molar refractivity (Wildman–Crippen MR) is 123 cm³/mol. The number of nitrogens with one attached hydrogen (secondary N) is 1. The summed E-state index contributed by atoms with van der Waals surface area (Å²) < 4.78 is 6.65. The summed E-state index contributed by atoms with van der Waals surface area (Å²) in [7, 11) is 0. The van der Waals surface area contributed by atoms with Crippen molar-refractivity contribution in [1.29, 1.82) is 0 Å². The number of phenols is 1. The molecule has 0 radical (unpaired) electrons. The number of phenolic OH excluding ortho intramolecular Hbond substituents is 1. The summed E-state index contributed by atoms with van der Waals surface area (Å²) in [6.07, 6.45) is 0.503. The van der Waals surface area contributed by atoms with Gasteiger partial charge in [-0.2, -0.15) is 0 Å². The number of hydrogen-bond acceptors (Lipinski definition) is 5. The molecule has 31 heavy (non-hydrogen) atoms. The van der Waals surface area contributed by atoms with Gasteiger partial charge in [-0.05, 0) is 59.3 Å². The highest BCUT2D eigenvalue weighted by molar-refractivity contribution is 9.11. The number of ether oxygens (including phenoxy) is 1. The summed E-state index contributed by atoms with van der Waals surface area (Å²) in [6.45, 7) is 4.80. The van der Waals surface area contributed by atoms with E-state index in [1.54, 1.807) is 50.2 Å². The van der Waals surface area contributed by atoms with Crippen LogP contribution in [0.1, 0.15) is 42.8 Å². The summed E-state index contributed by atoms with van der Waals surface area (Å²) in [6, 6.07) is 9.51. The van der Waals surface area contributed by atoms with Crippen molar-refractivity contribution in [2.24, 2.45) is 5.41 Å².